The fourth-order valence-electron chi connectivity index (χ4n) is 3.05. The summed E-state index contributed by atoms with van der Waals surface area (Å²) in [6.07, 6.45) is 8.38. The molecule has 0 spiro atoms. The van der Waals surface area contributed by atoms with Gasteiger partial charge in [-0.25, -0.2) is 9.97 Å². The maximum absolute atomic E-state index is 5.69. The minimum atomic E-state index is 0.296. The van der Waals surface area contributed by atoms with E-state index in [4.69, 9.17) is 9.84 Å². The summed E-state index contributed by atoms with van der Waals surface area (Å²) in [6, 6.07) is 12.3. The van der Waals surface area contributed by atoms with Gasteiger partial charge < -0.3 is 4.74 Å². The molecular formula is C19H20N4OS. The summed E-state index contributed by atoms with van der Waals surface area (Å²) in [4.78, 5) is 8.82. The summed E-state index contributed by atoms with van der Waals surface area (Å²) in [5, 5.41) is 5.49. The number of rotatable bonds is 5. The van der Waals surface area contributed by atoms with Crippen LogP contribution in [0.3, 0.4) is 0 Å². The second kappa shape index (κ2) is 7.37. The molecule has 25 heavy (non-hydrogen) atoms. The first kappa shape index (κ1) is 16.3. The van der Waals surface area contributed by atoms with Crippen LogP contribution in [0, 0.1) is 0 Å². The van der Waals surface area contributed by atoms with Crippen LogP contribution in [0.1, 0.15) is 12.8 Å². The maximum Gasteiger partial charge on any atom is 0.187 e. The highest BCUT2D eigenvalue weighted by Crippen LogP contribution is 2.25. The Morgan fingerprint density at radius 3 is 2.88 bits per heavy atom. The Kier molecular flexibility index (Phi) is 4.81. The van der Waals surface area contributed by atoms with Crippen molar-refractivity contribution in [1.82, 2.24) is 19.7 Å². The first-order chi connectivity index (χ1) is 12.3. The lowest BCUT2D eigenvalue weighted by Gasteiger charge is -2.08. The SMILES string of the molecule is CSc1nccc(-c2cccc(-c3ccn(C[C@@H]4CCCO4)n3)c2)n1. The van der Waals surface area contributed by atoms with E-state index >= 15 is 0 Å². The van der Waals surface area contributed by atoms with Crippen molar-refractivity contribution in [3.63, 3.8) is 0 Å². The van der Waals surface area contributed by atoms with E-state index < -0.39 is 0 Å². The van der Waals surface area contributed by atoms with Crippen LogP contribution in [0.25, 0.3) is 22.5 Å². The van der Waals surface area contributed by atoms with Crippen LogP contribution in [-0.2, 0) is 11.3 Å². The van der Waals surface area contributed by atoms with Crippen LogP contribution < -0.4 is 0 Å². The van der Waals surface area contributed by atoms with Gasteiger partial charge in [0.1, 0.15) is 0 Å². The number of hydrogen-bond donors (Lipinski definition) is 0. The van der Waals surface area contributed by atoms with Gasteiger partial charge in [-0.1, -0.05) is 30.0 Å². The zero-order valence-electron chi connectivity index (χ0n) is 14.1. The first-order valence-corrected chi connectivity index (χ1v) is 9.67. The van der Waals surface area contributed by atoms with E-state index in [0.29, 0.717) is 6.10 Å². The quantitative estimate of drug-likeness (QED) is 0.515. The summed E-state index contributed by atoms with van der Waals surface area (Å²) >= 11 is 1.55. The van der Waals surface area contributed by atoms with E-state index in [1.807, 2.05) is 29.3 Å². The summed E-state index contributed by atoms with van der Waals surface area (Å²) in [5.41, 5.74) is 4.07. The van der Waals surface area contributed by atoms with Gasteiger partial charge in [-0.3, -0.25) is 4.68 Å². The van der Waals surface area contributed by atoms with Crippen molar-refractivity contribution in [2.45, 2.75) is 30.6 Å². The average molecular weight is 352 g/mol. The highest BCUT2D eigenvalue weighted by Gasteiger charge is 2.16. The van der Waals surface area contributed by atoms with E-state index in [2.05, 4.69) is 34.2 Å². The molecule has 0 amide bonds. The van der Waals surface area contributed by atoms with Crippen LogP contribution in [0.2, 0.25) is 0 Å². The van der Waals surface area contributed by atoms with Gasteiger partial charge in [0.25, 0.3) is 0 Å². The number of hydrogen-bond acceptors (Lipinski definition) is 5. The standard InChI is InChI=1S/C19H20N4OS/c1-25-19-20-9-7-17(21-19)14-4-2-5-15(12-14)18-8-10-23(22-18)13-16-6-3-11-24-16/h2,4-5,7-10,12,16H,3,6,11,13H2,1H3/t16-/m0/s1. The van der Waals surface area contributed by atoms with Gasteiger partial charge in [-0.05, 0) is 37.3 Å². The molecule has 1 atom stereocenters. The van der Waals surface area contributed by atoms with E-state index in [9.17, 15) is 0 Å². The molecule has 0 unspecified atom stereocenters. The first-order valence-electron chi connectivity index (χ1n) is 8.45. The van der Waals surface area contributed by atoms with E-state index in [0.717, 1.165) is 53.7 Å². The zero-order valence-corrected chi connectivity index (χ0v) is 14.9. The molecule has 1 aliphatic rings. The number of aromatic nitrogens is 4. The van der Waals surface area contributed by atoms with E-state index in [1.54, 1.807) is 18.0 Å². The van der Waals surface area contributed by atoms with Crippen molar-refractivity contribution in [3.8, 4) is 22.5 Å². The molecule has 128 valence electrons. The van der Waals surface area contributed by atoms with Gasteiger partial charge in [0.05, 0.1) is 24.0 Å². The van der Waals surface area contributed by atoms with E-state index in [-0.39, 0.29) is 0 Å². The molecular weight excluding hydrogens is 332 g/mol. The third-order valence-corrected chi connectivity index (χ3v) is 4.89. The van der Waals surface area contributed by atoms with Crippen molar-refractivity contribution < 1.29 is 4.74 Å². The van der Waals surface area contributed by atoms with Crippen molar-refractivity contribution in [1.29, 1.82) is 0 Å². The number of nitrogens with zero attached hydrogens (tertiary/aromatic N) is 4. The molecule has 0 radical (unpaired) electrons. The number of thioether (sulfide) groups is 1. The molecule has 6 heteroatoms. The van der Waals surface area contributed by atoms with Crippen LogP contribution >= 0.6 is 11.8 Å². The molecule has 0 saturated carbocycles. The average Bonchev–Trinajstić information content (AvgIpc) is 3.34. The number of ether oxygens (including phenoxy) is 1. The molecule has 1 saturated heterocycles. The molecule has 1 aromatic carbocycles. The summed E-state index contributed by atoms with van der Waals surface area (Å²) in [7, 11) is 0. The third-order valence-electron chi connectivity index (χ3n) is 4.33. The van der Waals surface area contributed by atoms with Gasteiger partial charge in [-0.15, -0.1) is 0 Å². The largest absolute Gasteiger partial charge is 0.376 e. The lowest BCUT2D eigenvalue weighted by Crippen LogP contribution is -2.15. The highest BCUT2D eigenvalue weighted by molar-refractivity contribution is 7.98. The summed E-state index contributed by atoms with van der Waals surface area (Å²) in [5.74, 6) is 0. The highest BCUT2D eigenvalue weighted by atomic mass is 32.2. The van der Waals surface area contributed by atoms with Crippen molar-refractivity contribution in [3.05, 3.63) is 48.8 Å². The predicted octanol–water partition coefficient (Wildman–Crippen LogP) is 3.91. The van der Waals surface area contributed by atoms with Gasteiger partial charge in [-0.2, -0.15) is 5.10 Å². The Labute approximate surface area is 151 Å². The van der Waals surface area contributed by atoms with Crippen LogP contribution in [0.4, 0.5) is 0 Å². The lowest BCUT2D eigenvalue weighted by atomic mass is 10.1. The molecule has 3 aromatic rings. The molecule has 4 rings (SSSR count). The topological polar surface area (TPSA) is 52.8 Å². The molecule has 3 heterocycles. The molecule has 2 aromatic heterocycles. The van der Waals surface area contributed by atoms with E-state index in [1.165, 1.54) is 0 Å². The van der Waals surface area contributed by atoms with Crippen LogP contribution in [0.15, 0.2) is 53.9 Å². The monoisotopic (exact) mass is 352 g/mol. The number of benzene rings is 1. The summed E-state index contributed by atoms with van der Waals surface area (Å²) < 4.78 is 7.67. The Hall–Kier alpha value is -2.18. The fraction of sp³-hybridized carbons (Fsp3) is 0.316. The smallest absolute Gasteiger partial charge is 0.187 e. The Morgan fingerprint density at radius 1 is 1.20 bits per heavy atom. The molecule has 1 fully saturated rings. The van der Waals surface area contributed by atoms with Gasteiger partial charge in [0.2, 0.25) is 0 Å². The van der Waals surface area contributed by atoms with Crippen LogP contribution in [-0.4, -0.2) is 38.7 Å². The zero-order chi connectivity index (χ0) is 17.1. The summed E-state index contributed by atoms with van der Waals surface area (Å²) in [6.45, 7) is 1.69. The molecule has 0 bridgehead atoms. The van der Waals surface area contributed by atoms with Gasteiger partial charge >= 0.3 is 0 Å². The lowest BCUT2D eigenvalue weighted by molar-refractivity contribution is 0.0940. The van der Waals surface area contributed by atoms with Crippen LogP contribution in [0.5, 0.6) is 0 Å². The van der Waals surface area contributed by atoms with Gasteiger partial charge in [0, 0.05) is 30.1 Å². The van der Waals surface area contributed by atoms with Crippen molar-refractivity contribution in [2.24, 2.45) is 0 Å². The predicted molar refractivity (Wildman–Crippen MR) is 99.4 cm³/mol. The third kappa shape index (κ3) is 3.75. The van der Waals surface area contributed by atoms with Gasteiger partial charge in [0.15, 0.2) is 5.16 Å². The van der Waals surface area contributed by atoms with Crippen molar-refractivity contribution >= 4 is 11.8 Å². The second-order valence-electron chi connectivity index (χ2n) is 6.07. The maximum atomic E-state index is 5.69. The minimum Gasteiger partial charge on any atom is -0.376 e. The Bertz CT molecular complexity index is 858. The fourth-order valence-corrected chi connectivity index (χ4v) is 3.41. The Balaban J connectivity index is 1.57. The minimum absolute atomic E-state index is 0.296. The molecule has 0 N–H and O–H groups in total. The molecule has 0 aliphatic carbocycles. The molecule has 1 aliphatic heterocycles. The normalized spacial score (nSPS) is 17.1. The van der Waals surface area contributed by atoms with Crippen molar-refractivity contribution in [2.75, 3.05) is 12.9 Å². The Morgan fingerprint density at radius 2 is 2.08 bits per heavy atom. The molecule has 5 nitrogen and oxygen atoms in total. The second-order valence-corrected chi connectivity index (χ2v) is 6.84.